The van der Waals surface area contributed by atoms with Gasteiger partial charge in [-0.15, -0.1) is 23.7 Å². The Morgan fingerprint density at radius 3 is 2.67 bits per heavy atom. The highest BCUT2D eigenvalue weighted by Crippen LogP contribution is 2.24. The molecule has 2 heterocycles. The van der Waals surface area contributed by atoms with Crippen LogP contribution < -0.4 is 10.1 Å². The van der Waals surface area contributed by atoms with Gasteiger partial charge in [0.25, 0.3) is 0 Å². The third kappa shape index (κ3) is 6.52. The Labute approximate surface area is 172 Å². The molecule has 0 bridgehead atoms. The van der Waals surface area contributed by atoms with Crippen molar-refractivity contribution in [3.63, 3.8) is 0 Å². The molecule has 1 aromatic carbocycles. The van der Waals surface area contributed by atoms with Gasteiger partial charge in [-0.2, -0.15) is 0 Å². The van der Waals surface area contributed by atoms with Gasteiger partial charge in [-0.3, -0.25) is 4.79 Å². The Morgan fingerprint density at radius 2 is 1.96 bits per heavy atom. The highest BCUT2D eigenvalue weighted by Gasteiger charge is 2.20. The maximum absolute atomic E-state index is 13.0. The number of nitrogens with zero attached hydrogens (tertiary/aromatic N) is 1. The molecule has 0 aliphatic carbocycles. The van der Waals surface area contributed by atoms with Crippen LogP contribution in [0.4, 0.5) is 0 Å². The summed E-state index contributed by atoms with van der Waals surface area (Å²) in [5.41, 5.74) is 1.06. The van der Waals surface area contributed by atoms with Gasteiger partial charge in [0.05, 0.1) is 13.7 Å². The zero-order valence-electron chi connectivity index (χ0n) is 15.9. The van der Waals surface area contributed by atoms with E-state index in [1.807, 2.05) is 35.2 Å². The zero-order chi connectivity index (χ0) is 18.2. The summed E-state index contributed by atoms with van der Waals surface area (Å²) >= 11 is 1.70. The number of thiophene rings is 1. The normalized spacial score (nSPS) is 14.4. The van der Waals surface area contributed by atoms with Gasteiger partial charge in [-0.1, -0.05) is 24.3 Å². The zero-order valence-corrected chi connectivity index (χ0v) is 17.5. The third-order valence-corrected chi connectivity index (χ3v) is 5.92. The molecule has 1 aliphatic heterocycles. The van der Waals surface area contributed by atoms with Crippen LogP contribution in [0.15, 0.2) is 41.8 Å². The lowest BCUT2D eigenvalue weighted by molar-refractivity contribution is -0.132. The summed E-state index contributed by atoms with van der Waals surface area (Å²) in [7, 11) is 1.68. The second-order valence-corrected chi connectivity index (χ2v) is 7.91. The molecule has 27 heavy (non-hydrogen) atoms. The van der Waals surface area contributed by atoms with Crippen molar-refractivity contribution in [1.82, 2.24) is 10.2 Å². The molecule has 0 saturated carbocycles. The second-order valence-electron chi connectivity index (χ2n) is 6.87. The number of benzene rings is 1. The van der Waals surface area contributed by atoms with Gasteiger partial charge in [-0.25, -0.2) is 0 Å². The summed E-state index contributed by atoms with van der Waals surface area (Å²) in [6, 6.07) is 12.1. The summed E-state index contributed by atoms with van der Waals surface area (Å²) in [5, 5.41) is 5.46. The molecule has 6 heteroatoms. The monoisotopic (exact) mass is 408 g/mol. The van der Waals surface area contributed by atoms with Gasteiger partial charge in [0.1, 0.15) is 5.75 Å². The number of carbonyl (C=O) groups is 1. The number of ether oxygens (including phenoxy) is 1. The van der Waals surface area contributed by atoms with Crippen LogP contribution >= 0.6 is 23.7 Å². The maximum Gasteiger partial charge on any atom is 0.223 e. The van der Waals surface area contributed by atoms with Crippen LogP contribution in [0.5, 0.6) is 5.75 Å². The Hall–Kier alpha value is -1.56. The fourth-order valence-electron chi connectivity index (χ4n) is 3.52. The number of para-hydroxylation sites is 1. The quantitative estimate of drug-likeness (QED) is 0.699. The van der Waals surface area contributed by atoms with Crippen LogP contribution in [0.25, 0.3) is 0 Å². The number of amides is 1. The molecule has 0 radical (unpaired) electrons. The first-order valence-corrected chi connectivity index (χ1v) is 10.3. The number of carbonyl (C=O) groups excluding carboxylic acids is 1. The minimum absolute atomic E-state index is 0. The van der Waals surface area contributed by atoms with Gasteiger partial charge >= 0.3 is 0 Å². The second kappa shape index (κ2) is 11.3. The number of nitrogens with one attached hydrogen (secondary N) is 1. The molecular weight excluding hydrogens is 380 g/mol. The standard InChI is InChI=1S/C21H28N2O2S.ClH/c1-25-20-7-3-2-5-18(20)15-23(16-19-6-4-14-26-19)21(24)9-8-17-10-12-22-13-11-17;/h2-7,14,17,22H,8-13,15-16H2,1H3;1H. The van der Waals surface area contributed by atoms with Crippen molar-refractivity contribution in [3.05, 3.63) is 52.2 Å². The minimum atomic E-state index is 0. The van der Waals surface area contributed by atoms with Gasteiger partial charge < -0.3 is 15.0 Å². The Balaban J connectivity index is 0.00000261. The van der Waals surface area contributed by atoms with Gasteiger partial charge in [0.15, 0.2) is 0 Å². The highest BCUT2D eigenvalue weighted by molar-refractivity contribution is 7.09. The fourth-order valence-corrected chi connectivity index (χ4v) is 4.24. The molecular formula is C21H29ClN2O2S. The average molecular weight is 409 g/mol. The molecule has 3 rings (SSSR count). The van der Waals surface area contributed by atoms with Crippen molar-refractivity contribution >= 4 is 29.7 Å². The molecule has 1 N–H and O–H groups in total. The molecule has 0 atom stereocenters. The van der Waals surface area contributed by atoms with E-state index in [4.69, 9.17) is 4.74 Å². The number of hydrogen-bond acceptors (Lipinski definition) is 4. The lowest BCUT2D eigenvalue weighted by Gasteiger charge is -2.26. The summed E-state index contributed by atoms with van der Waals surface area (Å²) in [6.07, 6.45) is 3.99. The lowest BCUT2D eigenvalue weighted by Crippen LogP contribution is -2.32. The van der Waals surface area contributed by atoms with E-state index in [2.05, 4.69) is 16.8 Å². The molecule has 1 aromatic heterocycles. The van der Waals surface area contributed by atoms with E-state index in [0.29, 0.717) is 25.4 Å². The van der Waals surface area contributed by atoms with E-state index in [1.165, 1.54) is 17.7 Å². The Morgan fingerprint density at radius 1 is 1.19 bits per heavy atom. The van der Waals surface area contributed by atoms with E-state index in [-0.39, 0.29) is 18.3 Å². The average Bonchev–Trinajstić information content (AvgIpc) is 3.20. The number of hydrogen-bond donors (Lipinski definition) is 1. The first-order valence-electron chi connectivity index (χ1n) is 9.39. The Kier molecular flexibility index (Phi) is 9.11. The molecule has 0 unspecified atom stereocenters. The summed E-state index contributed by atoms with van der Waals surface area (Å²) in [5.74, 6) is 1.76. The lowest BCUT2D eigenvalue weighted by atomic mass is 9.93. The number of rotatable bonds is 8. The van der Waals surface area contributed by atoms with Gasteiger partial charge in [-0.05, 0) is 55.8 Å². The SMILES string of the molecule is COc1ccccc1CN(Cc1cccs1)C(=O)CCC1CCNCC1.Cl. The topological polar surface area (TPSA) is 41.6 Å². The third-order valence-electron chi connectivity index (χ3n) is 5.06. The van der Waals surface area contributed by atoms with Crippen molar-refractivity contribution in [2.45, 2.75) is 38.8 Å². The summed E-state index contributed by atoms with van der Waals surface area (Å²) in [6.45, 7) is 3.42. The van der Waals surface area contributed by atoms with Gasteiger partial charge in [0, 0.05) is 23.4 Å². The van der Waals surface area contributed by atoms with Gasteiger partial charge in [0.2, 0.25) is 5.91 Å². The molecule has 1 amide bonds. The predicted molar refractivity (Wildman–Crippen MR) is 114 cm³/mol. The number of methoxy groups -OCH3 is 1. The smallest absolute Gasteiger partial charge is 0.223 e. The van der Waals surface area contributed by atoms with Crippen molar-refractivity contribution in [3.8, 4) is 5.75 Å². The summed E-state index contributed by atoms with van der Waals surface area (Å²) in [4.78, 5) is 16.2. The minimum Gasteiger partial charge on any atom is -0.496 e. The molecule has 1 saturated heterocycles. The van der Waals surface area contributed by atoms with Crippen LogP contribution in [0.2, 0.25) is 0 Å². The molecule has 1 aliphatic rings. The van der Waals surface area contributed by atoms with E-state index in [1.54, 1.807) is 18.4 Å². The first kappa shape index (κ1) is 21.7. The van der Waals surface area contributed by atoms with Crippen molar-refractivity contribution in [2.75, 3.05) is 20.2 Å². The van der Waals surface area contributed by atoms with Crippen molar-refractivity contribution in [1.29, 1.82) is 0 Å². The molecule has 2 aromatic rings. The molecule has 1 fully saturated rings. The largest absolute Gasteiger partial charge is 0.496 e. The van der Waals surface area contributed by atoms with E-state index < -0.39 is 0 Å². The number of halogens is 1. The number of piperidine rings is 1. The first-order chi connectivity index (χ1) is 12.8. The van der Waals surface area contributed by atoms with Crippen LogP contribution in [0.1, 0.15) is 36.1 Å². The van der Waals surface area contributed by atoms with Crippen LogP contribution in [0.3, 0.4) is 0 Å². The van der Waals surface area contributed by atoms with Crippen molar-refractivity contribution < 1.29 is 9.53 Å². The van der Waals surface area contributed by atoms with Crippen molar-refractivity contribution in [2.24, 2.45) is 5.92 Å². The Bertz CT molecular complexity index is 687. The predicted octanol–water partition coefficient (Wildman–Crippen LogP) is 4.49. The van der Waals surface area contributed by atoms with Crippen LogP contribution in [-0.2, 0) is 17.9 Å². The highest BCUT2D eigenvalue weighted by atomic mass is 35.5. The van der Waals surface area contributed by atoms with Crippen LogP contribution in [-0.4, -0.2) is 31.0 Å². The van der Waals surface area contributed by atoms with E-state index in [0.717, 1.165) is 30.8 Å². The molecule has 4 nitrogen and oxygen atoms in total. The maximum atomic E-state index is 13.0. The van der Waals surface area contributed by atoms with E-state index >= 15 is 0 Å². The molecule has 0 spiro atoms. The summed E-state index contributed by atoms with van der Waals surface area (Å²) < 4.78 is 5.47. The fraction of sp³-hybridized carbons (Fsp3) is 0.476. The van der Waals surface area contributed by atoms with E-state index in [9.17, 15) is 4.79 Å². The van der Waals surface area contributed by atoms with Crippen LogP contribution in [0, 0.1) is 5.92 Å². The molecule has 148 valence electrons.